The molecule has 0 radical (unpaired) electrons. The van der Waals surface area contributed by atoms with Crippen LogP contribution in [0.15, 0.2) is 77.7 Å². The highest BCUT2D eigenvalue weighted by Gasteiger charge is 2.34. The number of ether oxygens (including phenoxy) is 1. The van der Waals surface area contributed by atoms with Crippen molar-refractivity contribution in [3.05, 3.63) is 88.9 Å². The van der Waals surface area contributed by atoms with Gasteiger partial charge in [-0.1, -0.05) is 67.9 Å². The minimum atomic E-state index is -4.23. The first-order valence-corrected chi connectivity index (χ1v) is 14.8. The van der Waals surface area contributed by atoms with Gasteiger partial charge in [0, 0.05) is 18.1 Å². The molecule has 8 nitrogen and oxygen atoms in total. The number of methoxy groups -OCH3 is 1. The third-order valence-corrected chi connectivity index (χ3v) is 8.48. The van der Waals surface area contributed by atoms with Gasteiger partial charge in [-0.3, -0.25) is 13.9 Å². The summed E-state index contributed by atoms with van der Waals surface area (Å²) in [5.74, 6) is -0.436. The maximum Gasteiger partial charge on any atom is 0.264 e. The first-order valence-electron chi connectivity index (χ1n) is 13.0. The van der Waals surface area contributed by atoms with E-state index in [4.69, 9.17) is 16.3 Å². The summed E-state index contributed by atoms with van der Waals surface area (Å²) in [6.45, 7) is 7.50. The third kappa shape index (κ3) is 7.55. The molecule has 0 heterocycles. The van der Waals surface area contributed by atoms with Crippen LogP contribution in [0.4, 0.5) is 5.69 Å². The van der Waals surface area contributed by atoms with E-state index in [0.717, 1.165) is 15.4 Å². The molecule has 0 aliphatic heterocycles. The maximum absolute atomic E-state index is 14.1. The topological polar surface area (TPSA) is 96.0 Å². The molecule has 0 bridgehead atoms. The zero-order chi connectivity index (χ0) is 29.4. The van der Waals surface area contributed by atoms with Gasteiger partial charge in [-0.05, 0) is 61.2 Å². The number of aryl methyl sites for hydroxylation is 1. The molecule has 0 spiro atoms. The minimum Gasteiger partial charge on any atom is -0.495 e. The number of rotatable bonds is 12. The zero-order valence-corrected chi connectivity index (χ0v) is 25.0. The van der Waals surface area contributed by atoms with Gasteiger partial charge in [-0.15, -0.1) is 0 Å². The molecule has 10 heteroatoms. The van der Waals surface area contributed by atoms with Crippen LogP contribution < -0.4 is 14.4 Å². The van der Waals surface area contributed by atoms with E-state index in [1.54, 1.807) is 37.3 Å². The standard InChI is InChI=1S/C30H36ClN3O5S/c1-21(2)18-32-30(36)23(4)33(19-24-12-10-9-11-22(24)3)29(35)20-34(27-17-25(31)15-16-28(27)39-5)40(37,38)26-13-7-6-8-14-26/h6-17,21,23H,18-20H2,1-5H3,(H,32,36)/t23-/m1/s1. The van der Waals surface area contributed by atoms with Gasteiger partial charge >= 0.3 is 0 Å². The average Bonchev–Trinajstić information content (AvgIpc) is 2.94. The van der Waals surface area contributed by atoms with E-state index in [1.807, 2.05) is 45.0 Å². The summed E-state index contributed by atoms with van der Waals surface area (Å²) in [4.78, 5) is 28.6. The molecule has 3 rings (SSSR count). The first kappa shape index (κ1) is 31.0. The van der Waals surface area contributed by atoms with Crippen molar-refractivity contribution in [2.24, 2.45) is 5.92 Å². The molecule has 0 unspecified atom stereocenters. The molecule has 0 saturated carbocycles. The third-order valence-electron chi connectivity index (χ3n) is 6.47. The molecule has 1 atom stereocenters. The van der Waals surface area contributed by atoms with E-state index in [1.165, 1.54) is 30.2 Å². The van der Waals surface area contributed by atoms with Crippen molar-refractivity contribution in [1.29, 1.82) is 0 Å². The van der Waals surface area contributed by atoms with Crippen LogP contribution in [0.3, 0.4) is 0 Å². The second-order valence-corrected chi connectivity index (χ2v) is 12.2. The Kier molecular flexibility index (Phi) is 10.6. The number of nitrogens with zero attached hydrogens (tertiary/aromatic N) is 2. The summed E-state index contributed by atoms with van der Waals surface area (Å²) in [6.07, 6.45) is 0. The minimum absolute atomic E-state index is 0.00185. The SMILES string of the molecule is COc1ccc(Cl)cc1N(CC(=O)N(Cc1ccccc1C)[C@H](C)C(=O)NCC(C)C)S(=O)(=O)c1ccccc1. The molecule has 214 valence electrons. The highest BCUT2D eigenvalue weighted by atomic mass is 35.5. The van der Waals surface area contributed by atoms with Crippen LogP contribution in [0.25, 0.3) is 0 Å². The van der Waals surface area contributed by atoms with E-state index >= 15 is 0 Å². The number of carbonyl (C=O) groups is 2. The molecule has 0 fully saturated rings. The van der Waals surface area contributed by atoms with Crippen molar-refractivity contribution in [1.82, 2.24) is 10.2 Å². The lowest BCUT2D eigenvalue weighted by Crippen LogP contribution is -2.51. The lowest BCUT2D eigenvalue weighted by molar-refractivity contribution is -0.139. The fourth-order valence-electron chi connectivity index (χ4n) is 4.10. The molecule has 0 saturated heterocycles. The first-order chi connectivity index (χ1) is 18.9. The Morgan fingerprint density at radius 3 is 2.25 bits per heavy atom. The molecule has 3 aromatic carbocycles. The Labute approximate surface area is 241 Å². The number of nitrogens with one attached hydrogen (secondary N) is 1. The van der Waals surface area contributed by atoms with Crippen LogP contribution in [0.2, 0.25) is 5.02 Å². The predicted molar refractivity (Wildman–Crippen MR) is 158 cm³/mol. The number of hydrogen-bond acceptors (Lipinski definition) is 5. The van der Waals surface area contributed by atoms with Crippen LogP contribution in [-0.4, -0.2) is 51.4 Å². The number of anilines is 1. The molecule has 3 aromatic rings. The van der Waals surface area contributed by atoms with Crippen molar-refractivity contribution in [3.8, 4) is 5.75 Å². The quantitative estimate of drug-likeness (QED) is 0.321. The van der Waals surface area contributed by atoms with Gasteiger partial charge in [0.25, 0.3) is 10.0 Å². The fraction of sp³-hybridized carbons (Fsp3) is 0.333. The van der Waals surface area contributed by atoms with Gasteiger partial charge in [0.1, 0.15) is 18.3 Å². The van der Waals surface area contributed by atoms with Crippen molar-refractivity contribution < 1.29 is 22.7 Å². The highest BCUT2D eigenvalue weighted by Crippen LogP contribution is 2.35. The Morgan fingerprint density at radius 2 is 1.62 bits per heavy atom. The molecule has 0 aromatic heterocycles. The average molecular weight is 586 g/mol. The van der Waals surface area contributed by atoms with E-state index in [9.17, 15) is 18.0 Å². The van der Waals surface area contributed by atoms with Gasteiger partial charge in [-0.25, -0.2) is 8.42 Å². The van der Waals surface area contributed by atoms with Gasteiger partial charge in [0.15, 0.2) is 0 Å². The largest absolute Gasteiger partial charge is 0.495 e. The monoisotopic (exact) mass is 585 g/mol. The molecule has 0 aliphatic carbocycles. The Bertz CT molecular complexity index is 1430. The second kappa shape index (κ2) is 13.7. The normalized spacial score (nSPS) is 12.1. The lowest BCUT2D eigenvalue weighted by atomic mass is 10.1. The van der Waals surface area contributed by atoms with Gasteiger partial charge in [-0.2, -0.15) is 0 Å². The number of amides is 2. The summed E-state index contributed by atoms with van der Waals surface area (Å²) in [5, 5.41) is 3.16. The number of hydrogen-bond donors (Lipinski definition) is 1. The van der Waals surface area contributed by atoms with Gasteiger partial charge in [0.2, 0.25) is 11.8 Å². The Hall–Kier alpha value is -3.56. The number of benzene rings is 3. The van der Waals surface area contributed by atoms with Crippen LogP contribution >= 0.6 is 11.6 Å². The zero-order valence-electron chi connectivity index (χ0n) is 23.4. The van der Waals surface area contributed by atoms with E-state index in [-0.39, 0.29) is 39.7 Å². The molecule has 0 aliphatic rings. The predicted octanol–water partition coefficient (Wildman–Crippen LogP) is 5.04. The van der Waals surface area contributed by atoms with Crippen molar-refractivity contribution in [2.45, 2.75) is 45.2 Å². The van der Waals surface area contributed by atoms with Gasteiger partial charge < -0.3 is 15.0 Å². The van der Waals surface area contributed by atoms with Gasteiger partial charge in [0.05, 0.1) is 17.7 Å². The smallest absolute Gasteiger partial charge is 0.264 e. The second-order valence-electron chi connectivity index (χ2n) is 9.90. The van der Waals surface area contributed by atoms with Crippen LogP contribution in [0.1, 0.15) is 31.9 Å². The maximum atomic E-state index is 14.1. The highest BCUT2D eigenvalue weighted by molar-refractivity contribution is 7.92. The van der Waals surface area contributed by atoms with Crippen molar-refractivity contribution in [3.63, 3.8) is 0 Å². The summed E-state index contributed by atoms with van der Waals surface area (Å²) in [5.41, 5.74) is 1.90. The Morgan fingerprint density at radius 1 is 0.975 bits per heavy atom. The van der Waals surface area contributed by atoms with Crippen LogP contribution in [0.5, 0.6) is 5.75 Å². The summed E-state index contributed by atoms with van der Waals surface area (Å²) >= 11 is 6.26. The fourth-order valence-corrected chi connectivity index (χ4v) is 5.70. The molecular weight excluding hydrogens is 550 g/mol. The van der Waals surface area contributed by atoms with Crippen LogP contribution in [-0.2, 0) is 26.2 Å². The van der Waals surface area contributed by atoms with E-state index < -0.39 is 28.5 Å². The summed E-state index contributed by atoms with van der Waals surface area (Å²) in [7, 11) is -2.82. The molecule has 1 N–H and O–H groups in total. The molecule has 2 amide bonds. The van der Waals surface area contributed by atoms with Crippen LogP contribution in [0, 0.1) is 12.8 Å². The number of carbonyl (C=O) groups excluding carboxylic acids is 2. The van der Waals surface area contributed by atoms with Crippen molar-refractivity contribution in [2.75, 3.05) is 24.5 Å². The molecule has 40 heavy (non-hydrogen) atoms. The lowest BCUT2D eigenvalue weighted by Gasteiger charge is -2.32. The summed E-state index contributed by atoms with van der Waals surface area (Å²) < 4.78 is 34.3. The molecular formula is C30H36ClN3O5S. The number of halogens is 1. The van der Waals surface area contributed by atoms with E-state index in [2.05, 4.69) is 5.32 Å². The Balaban J connectivity index is 2.08. The van der Waals surface area contributed by atoms with E-state index in [0.29, 0.717) is 6.54 Å². The number of sulfonamides is 1. The van der Waals surface area contributed by atoms with Crippen molar-refractivity contribution >= 4 is 39.1 Å². The summed E-state index contributed by atoms with van der Waals surface area (Å²) in [6, 6.07) is 19.1.